The summed E-state index contributed by atoms with van der Waals surface area (Å²) in [4.78, 5) is 0. The van der Waals surface area contributed by atoms with Crippen LogP contribution in [0, 0.1) is 6.92 Å². The molecule has 2 rings (SSSR count). The van der Waals surface area contributed by atoms with Crippen molar-refractivity contribution in [2.24, 2.45) is 0 Å². The quantitative estimate of drug-likeness (QED) is 0.522. The Hall–Kier alpha value is -1.78. The molecule has 0 saturated carbocycles. The number of rotatable bonds is 0. The van der Waals surface area contributed by atoms with Crippen molar-refractivity contribution in [3.8, 4) is 11.1 Å². The van der Waals surface area contributed by atoms with Gasteiger partial charge in [-0.05, 0) is 36.6 Å². The average molecular weight is 226 g/mol. The lowest BCUT2D eigenvalue weighted by Crippen LogP contribution is -1.59. The Kier molecular flexibility index (Phi) is 8.46. The van der Waals surface area contributed by atoms with Gasteiger partial charge < -0.3 is 0 Å². The van der Waals surface area contributed by atoms with Crippen molar-refractivity contribution in [1.82, 2.24) is 0 Å². The smallest absolute Gasteiger partial charge is 0.0181 e. The summed E-state index contributed by atoms with van der Waals surface area (Å²) in [5, 5.41) is 0. The van der Waals surface area contributed by atoms with E-state index in [-0.39, 0.29) is 0 Å². The molecule has 2 aliphatic carbocycles. The summed E-state index contributed by atoms with van der Waals surface area (Å²) in [7, 11) is 0. The summed E-state index contributed by atoms with van der Waals surface area (Å²) >= 11 is 0. The van der Waals surface area contributed by atoms with Crippen molar-refractivity contribution in [2.75, 3.05) is 0 Å². The van der Waals surface area contributed by atoms with E-state index in [0.29, 0.717) is 0 Å². The number of hydrogen-bond donors (Lipinski definition) is 0. The summed E-state index contributed by atoms with van der Waals surface area (Å²) in [6.07, 6.45) is 1.76. The Bertz CT molecular complexity index is 403. The van der Waals surface area contributed by atoms with E-state index in [9.17, 15) is 0 Å². The van der Waals surface area contributed by atoms with Crippen LogP contribution in [-0.2, 0) is 0 Å². The van der Waals surface area contributed by atoms with Crippen LogP contribution in [0.4, 0.5) is 0 Å². The zero-order valence-corrected chi connectivity index (χ0v) is 11.3. The first kappa shape index (κ1) is 15.2. The number of hydrogen-bond acceptors (Lipinski definition) is 0. The van der Waals surface area contributed by atoms with Crippen LogP contribution in [-0.4, -0.2) is 0 Å². The van der Waals surface area contributed by atoms with Gasteiger partial charge in [0.2, 0.25) is 0 Å². The molecule has 17 heavy (non-hydrogen) atoms. The lowest BCUT2D eigenvalue weighted by molar-refractivity contribution is 1.50. The minimum absolute atomic E-state index is 1.33. The first-order valence-corrected chi connectivity index (χ1v) is 6.03. The van der Waals surface area contributed by atoms with Crippen LogP contribution in [0.3, 0.4) is 0 Å². The summed E-state index contributed by atoms with van der Waals surface area (Å²) in [5.41, 5.74) is 6.55. The van der Waals surface area contributed by atoms with Gasteiger partial charge in [-0.2, -0.15) is 0 Å². The molecule has 0 aromatic heterocycles. The Balaban J connectivity index is 0.000000368. The maximum atomic E-state index is 3.30. The highest BCUT2D eigenvalue weighted by Gasteiger charge is 1.99. The van der Waals surface area contributed by atoms with Gasteiger partial charge in [0, 0.05) is 0 Å². The fourth-order valence-corrected chi connectivity index (χ4v) is 1.37. The molecule has 0 heterocycles. The summed E-state index contributed by atoms with van der Waals surface area (Å²) in [5.74, 6) is 0. The van der Waals surface area contributed by atoms with Gasteiger partial charge in [-0.3, -0.25) is 0 Å². The van der Waals surface area contributed by atoms with Gasteiger partial charge in [0.05, 0.1) is 0 Å². The molecule has 0 aliphatic heterocycles. The van der Waals surface area contributed by atoms with Crippen LogP contribution in [0.5, 0.6) is 0 Å². The third-order valence-corrected chi connectivity index (χ3v) is 2.08. The monoisotopic (exact) mass is 226 g/mol. The average Bonchev–Trinajstić information content (AvgIpc) is 2.58. The van der Waals surface area contributed by atoms with E-state index in [2.05, 4.69) is 61.7 Å². The summed E-state index contributed by atoms with van der Waals surface area (Å²) in [6.45, 7) is 11.3. The Labute approximate surface area is 106 Å². The maximum absolute atomic E-state index is 3.30. The Morgan fingerprint density at radius 2 is 1.41 bits per heavy atom. The SMILES string of the molecule is C=C=CC.CC.Cc1cc2cccccc-2c1. The van der Waals surface area contributed by atoms with Gasteiger partial charge in [-0.1, -0.05) is 62.9 Å². The molecule has 2 aliphatic rings. The number of allylic oxidation sites excluding steroid dienone is 1. The first-order valence-electron chi connectivity index (χ1n) is 6.03. The highest BCUT2D eigenvalue weighted by molar-refractivity contribution is 5.67. The number of fused-ring (bicyclic) bond motifs is 1. The van der Waals surface area contributed by atoms with E-state index in [1.54, 1.807) is 6.08 Å². The van der Waals surface area contributed by atoms with Gasteiger partial charge in [-0.15, -0.1) is 5.73 Å². The lowest BCUT2D eigenvalue weighted by Gasteiger charge is -1.85. The van der Waals surface area contributed by atoms with Gasteiger partial charge >= 0.3 is 0 Å². The molecule has 0 fully saturated rings. The van der Waals surface area contributed by atoms with Crippen LogP contribution in [0.2, 0.25) is 0 Å². The molecule has 0 atom stereocenters. The lowest BCUT2D eigenvalue weighted by atomic mass is 10.2. The Morgan fingerprint density at radius 1 is 1.00 bits per heavy atom. The second-order valence-electron chi connectivity index (χ2n) is 3.35. The molecule has 0 spiro atoms. The van der Waals surface area contributed by atoms with Crippen LogP contribution in [0.25, 0.3) is 11.1 Å². The third-order valence-electron chi connectivity index (χ3n) is 2.08. The zero-order chi connectivity index (χ0) is 13.1. The summed E-state index contributed by atoms with van der Waals surface area (Å²) in [6, 6.07) is 14.9. The van der Waals surface area contributed by atoms with E-state index < -0.39 is 0 Å². The third kappa shape index (κ3) is 5.75. The molecule has 0 heteroatoms. The molecule has 0 amide bonds. The molecule has 0 aromatic carbocycles. The second-order valence-corrected chi connectivity index (χ2v) is 3.35. The molecule has 0 nitrogen and oxygen atoms in total. The van der Waals surface area contributed by atoms with Crippen molar-refractivity contribution in [2.45, 2.75) is 27.7 Å². The predicted octanol–water partition coefficient (Wildman–Crippen LogP) is 5.47. The fraction of sp³-hybridized carbons (Fsp3) is 0.235. The van der Waals surface area contributed by atoms with E-state index >= 15 is 0 Å². The van der Waals surface area contributed by atoms with Crippen LogP contribution < -0.4 is 0 Å². The van der Waals surface area contributed by atoms with Crippen molar-refractivity contribution < 1.29 is 0 Å². The maximum Gasteiger partial charge on any atom is -0.0181 e. The highest BCUT2D eigenvalue weighted by Crippen LogP contribution is 2.23. The van der Waals surface area contributed by atoms with E-state index in [1.807, 2.05) is 20.8 Å². The van der Waals surface area contributed by atoms with E-state index in [0.717, 1.165) is 0 Å². The molecular formula is C17H22. The normalized spacial score (nSPS) is 8.00. The molecule has 0 bridgehead atoms. The van der Waals surface area contributed by atoms with Crippen LogP contribution in [0.15, 0.2) is 60.9 Å². The topological polar surface area (TPSA) is 0 Å². The zero-order valence-electron chi connectivity index (χ0n) is 11.3. The molecule has 90 valence electrons. The van der Waals surface area contributed by atoms with Gasteiger partial charge in [0.1, 0.15) is 0 Å². The minimum Gasteiger partial charge on any atom is -0.133 e. The molecule has 0 N–H and O–H groups in total. The van der Waals surface area contributed by atoms with Crippen LogP contribution >= 0.6 is 0 Å². The standard InChI is InChI=1S/C11H10.C4H6.C2H6/c1-9-7-10-5-3-2-4-6-11(10)8-9;1-3-4-2;1-2/h2-8H,1H3;4H,1H2,2H3;1-2H3. The van der Waals surface area contributed by atoms with E-state index in [4.69, 9.17) is 0 Å². The molecule has 0 radical (unpaired) electrons. The predicted molar refractivity (Wildman–Crippen MR) is 78.5 cm³/mol. The van der Waals surface area contributed by atoms with E-state index in [1.165, 1.54) is 16.7 Å². The second kappa shape index (κ2) is 9.45. The molecule has 0 unspecified atom stereocenters. The van der Waals surface area contributed by atoms with Crippen molar-refractivity contribution in [3.05, 3.63) is 66.4 Å². The largest absolute Gasteiger partial charge is 0.133 e. The molecule has 0 aromatic rings. The molecular weight excluding hydrogens is 204 g/mol. The first-order chi connectivity index (χ1) is 8.27. The fourth-order valence-electron chi connectivity index (χ4n) is 1.37. The highest BCUT2D eigenvalue weighted by atomic mass is 14.0. The van der Waals surface area contributed by atoms with Gasteiger partial charge in [-0.25, -0.2) is 0 Å². The van der Waals surface area contributed by atoms with Gasteiger partial charge in [0.15, 0.2) is 0 Å². The van der Waals surface area contributed by atoms with Crippen molar-refractivity contribution in [3.63, 3.8) is 0 Å². The number of aryl methyl sites for hydroxylation is 1. The molecule has 0 saturated heterocycles. The summed E-state index contributed by atoms with van der Waals surface area (Å²) < 4.78 is 0. The Morgan fingerprint density at radius 3 is 1.76 bits per heavy atom. The van der Waals surface area contributed by atoms with Crippen molar-refractivity contribution in [1.29, 1.82) is 0 Å². The van der Waals surface area contributed by atoms with Crippen LogP contribution in [0.1, 0.15) is 26.3 Å². The van der Waals surface area contributed by atoms with Gasteiger partial charge in [0.25, 0.3) is 0 Å². The minimum atomic E-state index is 1.33. The van der Waals surface area contributed by atoms with Crippen molar-refractivity contribution >= 4 is 0 Å².